The van der Waals surface area contributed by atoms with Crippen molar-refractivity contribution in [3.8, 4) is 0 Å². The first-order chi connectivity index (χ1) is 15.1. The molecule has 5 nitrogen and oxygen atoms in total. The van der Waals surface area contributed by atoms with Crippen LogP contribution in [0.1, 0.15) is 24.0 Å². The highest BCUT2D eigenvalue weighted by atomic mass is 35.5. The predicted molar refractivity (Wildman–Crippen MR) is 113 cm³/mol. The predicted octanol–water partition coefficient (Wildman–Crippen LogP) is 4.54. The average Bonchev–Trinajstić information content (AvgIpc) is 2.77. The van der Waals surface area contributed by atoms with Gasteiger partial charge in [-0.15, -0.1) is 0 Å². The molecule has 11 heteroatoms. The van der Waals surface area contributed by atoms with E-state index in [0.29, 0.717) is 38.7 Å². The number of benzene rings is 1. The number of piperidine rings is 1. The second-order valence-corrected chi connectivity index (χ2v) is 8.67. The fourth-order valence-corrected chi connectivity index (χ4v) is 4.33. The van der Waals surface area contributed by atoms with Crippen molar-refractivity contribution in [2.45, 2.75) is 30.6 Å². The molecule has 0 aliphatic carbocycles. The summed E-state index contributed by atoms with van der Waals surface area (Å²) in [5.74, 6) is -0.890. The smallest absolute Gasteiger partial charge is 0.352 e. The van der Waals surface area contributed by atoms with Crippen molar-refractivity contribution >= 4 is 35.2 Å². The van der Waals surface area contributed by atoms with Crippen LogP contribution in [0.3, 0.4) is 0 Å². The Kier molecular flexibility index (Phi) is 8.00. The lowest BCUT2D eigenvalue weighted by molar-refractivity contribution is -0.138. The Morgan fingerprint density at radius 1 is 1.19 bits per heavy atom. The van der Waals surface area contributed by atoms with E-state index in [1.54, 1.807) is 17.0 Å². The van der Waals surface area contributed by atoms with Crippen molar-refractivity contribution in [3.63, 3.8) is 0 Å². The maximum Gasteiger partial charge on any atom is 0.417 e. The van der Waals surface area contributed by atoms with Crippen LogP contribution in [0.4, 0.5) is 17.6 Å². The summed E-state index contributed by atoms with van der Waals surface area (Å²) in [7, 11) is 0. The van der Waals surface area contributed by atoms with E-state index in [-0.39, 0.29) is 39.4 Å². The van der Waals surface area contributed by atoms with Crippen LogP contribution in [-0.2, 0) is 22.3 Å². The van der Waals surface area contributed by atoms with E-state index in [2.05, 4.69) is 10.3 Å². The summed E-state index contributed by atoms with van der Waals surface area (Å²) in [4.78, 5) is 30.1. The van der Waals surface area contributed by atoms with Crippen molar-refractivity contribution in [2.75, 3.05) is 18.8 Å². The van der Waals surface area contributed by atoms with E-state index in [1.165, 1.54) is 12.1 Å². The first-order valence-electron chi connectivity index (χ1n) is 9.79. The highest BCUT2D eigenvalue weighted by Gasteiger charge is 2.32. The molecule has 1 fully saturated rings. The summed E-state index contributed by atoms with van der Waals surface area (Å²) in [5.41, 5.74) is -0.155. The molecule has 2 heterocycles. The molecule has 3 rings (SSSR count). The van der Waals surface area contributed by atoms with Crippen LogP contribution < -0.4 is 5.32 Å². The maximum absolute atomic E-state index is 12.9. The molecule has 0 radical (unpaired) electrons. The number of rotatable bonds is 6. The summed E-state index contributed by atoms with van der Waals surface area (Å²) < 4.78 is 51.0. The third-order valence-electron chi connectivity index (χ3n) is 5.07. The number of carbonyl (C=O) groups excluding carboxylic acids is 2. The third-order valence-corrected chi connectivity index (χ3v) is 6.46. The number of amides is 2. The molecule has 1 saturated heterocycles. The van der Waals surface area contributed by atoms with Gasteiger partial charge >= 0.3 is 6.18 Å². The Hall–Kier alpha value is -2.33. The molecule has 0 spiro atoms. The lowest BCUT2D eigenvalue weighted by atomic mass is 9.96. The standard InChI is InChI=1S/C21H20ClF4N3O2S/c22-17-9-15(21(24,25)26)11-28-20(17)32-12-18(30)29-7-5-14(6-8-29)19(31)27-10-13-1-3-16(23)4-2-13/h1-4,9,11,14H,5-8,10,12H2,(H,27,31). The fraction of sp³-hybridized carbons (Fsp3) is 0.381. The molecule has 0 bridgehead atoms. The summed E-state index contributed by atoms with van der Waals surface area (Å²) >= 11 is 6.84. The lowest BCUT2D eigenvalue weighted by Gasteiger charge is -2.31. The van der Waals surface area contributed by atoms with E-state index in [0.717, 1.165) is 23.4 Å². The van der Waals surface area contributed by atoms with Crippen LogP contribution in [0.15, 0.2) is 41.6 Å². The van der Waals surface area contributed by atoms with E-state index in [9.17, 15) is 27.2 Å². The Bertz CT molecular complexity index is 965. The fourth-order valence-electron chi connectivity index (χ4n) is 3.23. The van der Waals surface area contributed by atoms with Crippen LogP contribution >= 0.6 is 23.4 Å². The number of aromatic nitrogens is 1. The second-order valence-electron chi connectivity index (χ2n) is 7.30. The van der Waals surface area contributed by atoms with Gasteiger partial charge in [0, 0.05) is 31.7 Å². The van der Waals surface area contributed by atoms with Crippen LogP contribution in [-0.4, -0.2) is 40.5 Å². The monoisotopic (exact) mass is 489 g/mol. The third kappa shape index (κ3) is 6.59. The number of hydrogen-bond acceptors (Lipinski definition) is 4. The summed E-state index contributed by atoms with van der Waals surface area (Å²) in [5, 5.41) is 2.83. The molecule has 1 aliphatic rings. The quantitative estimate of drug-likeness (QED) is 0.478. The Morgan fingerprint density at radius 3 is 2.44 bits per heavy atom. The van der Waals surface area contributed by atoms with Crippen LogP contribution in [0.5, 0.6) is 0 Å². The zero-order valence-corrected chi connectivity index (χ0v) is 18.4. The van der Waals surface area contributed by atoms with E-state index in [4.69, 9.17) is 11.6 Å². The van der Waals surface area contributed by atoms with Gasteiger partial charge in [-0.1, -0.05) is 35.5 Å². The topological polar surface area (TPSA) is 62.3 Å². The Labute approximate surface area is 191 Å². The van der Waals surface area contributed by atoms with Gasteiger partial charge in [-0.2, -0.15) is 13.2 Å². The molecular weight excluding hydrogens is 470 g/mol. The number of alkyl halides is 3. The molecule has 1 N–H and O–H groups in total. The van der Waals surface area contributed by atoms with Crippen molar-refractivity contribution < 1.29 is 27.2 Å². The molecule has 32 heavy (non-hydrogen) atoms. The zero-order chi connectivity index (χ0) is 23.3. The highest BCUT2D eigenvalue weighted by molar-refractivity contribution is 8.00. The van der Waals surface area contributed by atoms with E-state index in [1.807, 2.05) is 0 Å². The number of hydrogen-bond donors (Lipinski definition) is 1. The molecule has 0 unspecified atom stereocenters. The van der Waals surface area contributed by atoms with Gasteiger partial charge in [-0.25, -0.2) is 9.37 Å². The van der Waals surface area contributed by atoms with Crippen molar-refractivity contribution in [2.24, 2.45) is 5.92 Å². The summed E-state index contributed by atoms with van der Waals surface area (Å²) in [6.45, 7) is 1.11. The molecule has 1 aromatic carbocycles. The zero-order valence-electron chi connectivity index (χ0n) is 16.8. The largest absolute Gasteiger partial charge is 0.417 e. The van der Waals surface area contributed by atoms with Gasteiger partial charge in [0.15, 0.2) is 0 Å². The second kappa shape index (κ2) is 10.5. The number of nitrogens with zero attached hydrogens (tertiary/aromatic N) is 2. The number of halogens is 5. The lowest BCUT2D eigenvalue weighted by Crippen LogP contribution is -2.43. The Morgan fingerprint density at radius 2 is 1.84 bits per heavy atom. The Balaban J connectivity index is 1.43. The van der Waals surface area contributed by atoms with Gasteiger partial charge in [-0.05, 0) is 36.6 Å². The minimum atomic E-state index is -4.54. The minimum Gasteiger partial charge on any atom is -0.352 e. The molecule has 0 saturated carbocycles. The molecular formula is C21H20ClF4N3O2S. The first-order valence-corrected chi connectivity index (χ1v) is 11.2. The van der Waals surface area contributed by atoms with Crippen LogP contribution in [0.2, 0.25) is 5.02 Å². The molecule has 1 aliphatic heterocycles. The van der Waals surface area contributed by atoms with Gasteiger partial charge in [0.2, 0.25) is 11.8 Å². The van der Waals surface area contributed by atoms with Gasteiger partial charge < -0.3 is 10.2 Å². The van der Waals surface area contributed by atoms with Gasteiger partial charge in [0.05, 0.1) is 16.3 Å². The molecule has 172 valence electrons. The van der Waals surface area contributed by atoms with Gasteiger partial charge in [0.1, 0.15) is 10.8 Å². The van der Waals surface area contributed by atoms with E-state index >= 15 is 0 Å². The maximum atomic E-state index is 12.9. The number of pyridine rings is 1. The average molecular weight is 490 g/mol. The summed E-state index contributed by atoms with van der Waals surface area (Å²) in [6.07, 6.45) is -2.84. The summed E-state index contributed by atoms with van der Waals surface area (Å²) in [6, 6.07) is 6.66. The van der Waals surface area contributed by atoms with Gasteiger partial charge in [-0.3, -0.25) is 9.59 Å². The molecule has 2 aromatic rings. The van der Waals surface area contributed by atoms with Crippen LogP contribution in [0.25, 0.3) is 0 Å². The van der Waals surface area contributed by atoms with Crippen molar-refractivity contribution in [1.29, 1.82) is 0 Å². The van der Waals surface area contributed by atoms with Crippen molar-refractivity contribution in [1.82, 2.24) is 15.2 Å². The SMILES string of the molecule is O=C(NCc1ccc(F)cc1)C1CCN(C(=O)CSc2ncc(C(F)(F)F)cc2Cl)CC1. The van der Waals surface area contributed by atoms with Crippen LogP contribution in [0, 0.1) is 11.7 Å². The number of likely N-dealkylation sites (tertiary alicyclic amines) is 1. The van der Waals surface area contributed by atoms with Gasteiger partial charge in [0.25, 0.3) is 0 Å². The highest BCUT2D eigenvalue weighted by Crippen LogP contribution is 2.33. The van der Waals surface area contributed by atoms with E-state index < -0.39 is 11.7 Å². The molecule has 2 amide bonds. The van der Waals surface area contributed by atoms with Crippen molar-refractivity contribution in [3.05, 3.63) is 58.5 Å². The molecule has 0 atom stereocenters. The molecule has 1 aromatic heterocycles. The number of carbonyl (C=O) groups is 2. The number of nitrogens with one attached hydrogen (secondary N) is 1. The normalized spacial score (nSPS) is 15.0. The first kappa shape index (κ1) is 24.3. The minimum absolute atomic E-state index is 0.0144. The number of thioether (sulfide) groups is 1.